The second-order valence-electron chi connectivity index (χ2n) is 10.0. The fraction of sp³-hybridized carbons (Fsp3) is 0.152. The molecule has 0 aliphatic carbocycles. The normalized spacial score (nSPS) is 16.2. The maximum atomic E-state index is 12.5. The largest absolute Gasteiger partial charge is 0.484 e. The Morgan fingerprint density at radius 3 is 2.33 bits per heavy atom. The molecule has 3 aromatic heterocycles. The first kappa shape index (κ1) is 27.2. The van der Waals surface area contributed by atoms with Gasteiger partial charge in [-0.05, 0) is 98.4 Å². The van der Waals surface area contributed by atoms with Crippen LogP contribution in [-0.2, 0) is 4.79 Å². The number of amides is 1. The van der Waals surface area contributed by atoms with Gasteiger partial charge in [0.2, 0.25) is 0 Å². The lowest BCUT2D eigenvalue weighted by Crippen LogP contribution is -2.29. The average molecular weight is 575 g/mol. The Balaban J connectivity index is 1.30. The lowest BCUT2D eigenvalue weighted by atomic mass is 9.96. The molecule has 4 heterocycles. The van der Waals surface area contributed by atoms with Crippen LogP contribution >= 0.6 is 12.2 Å². The van der Waals surface area contributed by atoms with Gasteiger partial charge in [0, 0.05) is 35.2 Å². The van der Waals surface area contributed by atoms with Gasteiger partial charge < -0.3 is 24.8 Å². The number of hydrogen-bond acceptors (Lipinski definition) is 5. The number of thiocarbonyl (C=S) groups is 1. The Bertz CT molecular complexity index is 1690. The number of rotatable bonds is 8. The van der Waals surface area contributed by atoms with Gasteiger partial charge in [-0.1, -0.05) is 30.3 Å². The second-order valence-corrected chi connectivity index (χ2v) is 10.4. The first-order valence-electron chi connectivity index (χ1n) is 13.7. The molecule has 1 fully saturated rings. The van der Waals surface area contributed by atoms with E-state index in [1.165, 1.54) is 0 Å². The van der Waals surface area contributed by atoms with Gasteiger partial charge in [-0.15, -0.1) is 0 Å². The van der Waals surface area contributed by atoms with Gasteiger partial charge in [0.1, 0.15) is 11.6 Å². The number of benzene rings is 2. The Labute approximate surface area is 250 Å². The molecule has 2 N–H and O–H groups in total. The van der Waals surface area contributed by atoms with Crippen LogP contribution in [0, 0.1) is 13.8 Å². The molecule has 1 aliphatic rings. The van der Waals surface area contributed by atoms with E-state index in [9.17, 15) is 4.79 Å². The molecule has 2 aromatic carbocycles. The minimum Gasteiger partial charge on any atom is -0.484 e. The van der Waals surface area contributed by atoms with Crippen molar-refractivity contribution in [1.29, 1.82) is 0 Å². The molecule has 1 amide bonds. The summed E-state index contributed by atoms with van der Waals surface area (Å²) < 4.78 is 7.74. The number of para-hydroxylation sites is 1. The van der Waals surface area contributed by atoms with E-state index in [0.29, 0.717) is 16.5 Å². The van der Waals surface area contributed by atoms with Gasteiger partial charge in [0.05, 0.1) is 17.8 Å². The number of hydrogen-bond donors (Lipinski definition) is 2. The smallest absolute Gasteiger partial charge is 0.262 e. The van der Waals surface area contributed by atoms with Crippen LogP contribution in [0.15, 0.2) is 109 Å². The molecule has 9 heteroatoms. The average Bonchev–Trinajstić information content (AvgIpc) is 3.52. The molecule has 6 rings (SSSR count). The fourth-order valence-electron chi connectivity index (χ4n) is 5.44. The summed E-state index contributed by atoms with van der Waals surface area (Å²) in [7, 11) is 0. The number of nitrogens with zero attached hydrogens (tertiary/aromatic N) is 4. The topological polar surface area (TPSA) is 84.3 Å². The maximum absolute atomic E-state index is 12.5. The Morgan fingerprint density at radius 1 is 0.929 bits per heavy atom. The zero-order chi connectivity index (χ0) is 29.1. The van der Waals surface area contributed by atoms with Crippen molar-refractivity contribution in [2.24, 2.45) is 0 Å². The van der Waals surface area contributed by atoms with E-state index in [2.05, 4.69) is 50.0 Å². The SMILES string of the molecule is Cc1cc([C@H]2[C@@H](c3ccccn3)NC(=S)N2c2ccc(NC(=O)COc3ccccc3)cc2)c(C)n1-c1ccccn1. The predicted molar refractivity (Wildman–Crippen MR) is 168 cm³/mol. The van der Waals surface area contributed by atoms with Crippen LogP contribution < -0.4 is 20.3 Å². The number of carbonyl (C=O) groups is 1. The van der Waals surface area contributed by atoms with E-state index in [-0.39, 0.29) is 24.6 Å². The van der Waals surface area contributed by atoms with E-state index in [1.807, 2.05) is 91.0 Å². The lowest BCUT2D eigenvalue weighted by molar-refractivity contribution is -0.118. The summed E-state index contributed by atoms with van der Waals surface area (Å²) in [4.78, 5) is 23.9. The maximum Gasteiger partial charge on any atom is 0.262 e. The first-order valence-corrected chi connectivity index (χ1v) is 14.1. The van der Waals surface area contributed by atoms with Crippen LogP contribution in [0.2, 0.25) is 0 Å². The van der Waals surface area contributed by atoms with Gasteiger partial charge in [-0.3, -0.25) is 9.78 Å². The molecule has 1 aliphatic heterocycles. The second kappa shape index (κ2) is 11.8. The van der Waals surface area contributed by atoms with Crippen molar-refractivity contribution < 1.29 is 9.53 Å². The summed E-state index contributed by atoms with van der Waals surface area (Å²) >= 11 is 5.92. The molecular formula is C33H30N6O2S. The monoisotopic (exact) mass is 574 g/mol. The Kier molecular flexibility index (Phi) is 7.66. The van der Waals surface area contributed by atoms with Crippen LogP contribution in [0.1, 0.15) is 34.7 Å². The third kappa shape index (κ3) is 5.46. The van der Waals surface area contributed by atoms with Crippen molar-refractivity contribution in [3.05, 3.63) is 132 Å². The molecule has 0 saturated carbocycles. The van der Waals surface area contributed by atoms with Crippen molar-refractivity contribution >= 4 is 34.6 Å². The molecule has 0 bridgehead atoms. The number of ether oxygens (including phenoxy) is 1. The molecular weight excluding hydrogens is 544 g/mol. The van der Waals surface area contributed by atoms with Crippen molar-refractivity contribution in [1.82, 2.24) is 19.9 Å². The number of aromatic nitrogens is 3. The molecule has 0 spiro atoms. The van der Waals surface area contributed by atoms with Crippen molar-refractivity contribution in [3.8, 4) is 11.6 Å². The van der Waals surface area contributed by atoms with E-state index < -0.39 is 0 Å². The van der Waals surface area contributed by atoms with E-state index in [1.54, 1.807) is 12.4 Å². The molecule has 0 unspecified atom stereocenters. The first-order chi connectivity index (χ1) is 20.5. The van der Waals surface area contributed by atoms with Gasteiger partial charge in [-0.2, -0.15) is 0 Å². The molecule has 0 radical (unpaired) electrons. The highest BCUT2D eigenvalue weighted by Gasteiger charge is 2.42. The molecule has 2 atom stereocenters. The van der Waals surface area contributed by atoms with Crippen molar-refractivity contribution in [2.75, 3.05) is 16.8 Å². The van der Waals surface area contributed by atoms with Crippen molar-refractivity contribution in [2.45, 2.75) is 25.9 Å². The minimum atomic E-state index is -0.236. The van der Waals surface area contributed by atoms with Crippen LogP contribution in [0.25, 0.3) is 5.82 Å². The summed E-state index contributed by atoms with van der Waals surface area (Å²) in [6.45, 7) is 4.12. The molecule has 42 heavy (non-hydrogen) atoms. The van der Waals surface area contributed by atoms with E-state index in [0.717, 1.165) is 34.2 Å². The zero-order valence-corrected chi connectivity index (χ0v) is 24.1. The van der Waals surface area contributed by atoms with E-state index in [4.69, 9.17) is 17.0 Å². The third-order valence-electron chi connectivity index (χ3n) is 7.31. The van der Waals surface area contributed by atoms with Crippen LogP contribution in [0.3, 0.4) is 0 Å². The van der Waals surface area contributed by atoms with Crippen LogP contribution in [-0.4, -0.2) is 32.2 Å². The fourth-order valence-corrected chi connectivity index (χ4v) is 5.79. The third-order valence-corrected chi connectivity index (χ3v) is 7.62. The number of anilines is 2. The molecule has 1 saturated heterocycles. The highest BCUT2D eigenvalue weighted by atomic mass is 32.1. The molecule has 5 aromatic rings. The molecule has 210 valence electrons. The standard InChI is InChI=1S/C33H30N6O2S/c1-22-20-27(23(2)38(22)29-13-7-9-19-35-29)32-31(28-12-6-8-18-34-28)37-33(42)39(32)25-16-14-24(15-17-25)36-30(40)21-41-26-10-4-3-5-11-26/h3-20,31-32H,21H2,1-2H3,(H,36,40)(H,37,42)/t31-,32+/m1/s1. The van der Waals surface area contributed by atoms with Crippen LogP contribution in [0.4, 0.5) is 11.4 Å². The molecule has 8 nitrogen and oxygen atoms in total. The zero-order valence-electron chi connectivity index (χ0n) is 23.3. The number of carbonyl (C=O) groups excluding carboxylic acids is 1. The van der Waals surface area contributed by atoms with Gasteiger partial charge in [0.25, 0.3) is 5.91 Å². The minimum absolute atomic E-state index is 0.0778. The highest BCUT2D eigenvalue weighted by Crippen LogP contribution is 2.43. The number of nitrogens with one attached hydrogen (secondary N) is 2. The van der Waals surface area contributed by atoms with Gasteiger partial charge in [0.15, 0.2) is 11.7 Å². The summed E-state index contributed by atoms with van der Waals surface area (Å²) in [6.07, 6.45) is 3.60. The predicted octanol–water partition coefficient (Wildman–Crippen LogP) is 6.08. The van der Waals surface area contributed by atoms with E-state index >= 15 is 0 Å². The van der Waals surface area contributed by atoms with Crippen LogP contribution in [0.5, 0.6) is 5.75 Å². The van der Waals surface area contributed by atoms with Gasteiger partial charge >= 0.3 is 0 Å². The quantitative estimate of drug-likeness (QED) is 0.217. The lowest BCUT2D eigenvalue weighted by Gasteiger charge is -2.28. The van der Waals surface area contributed by atoms with Gasteiger partial charge in [-0.25, -0.2) is 4.98 Å². The Morgan fingerprint density at radius 2 is 1.64 bits per heavy atom. The number of aryl methyl sites for hydroxylation is 1. The summed E-state index contributed by atoms with van der Waals surface area (Å²) in [5.74, 6) is 1.28. The summed E-state index contributed by atoms with van der Waals surface area (Å²) in [5.41, 5.74) is 5.75. The summed E-state index contributed by atoms with van der Waals surface area (Å²) in [6, 6.07) is 30.6. The Hall–Kier alpha value is -5.02. The van der Waals surface area contributed by atoms with Crippen molar-refractivity contribution in [3.63, 3.8) is 0 Å². The summed E-state index contributed by atoms with van der Waals surface area (Å²) in [5, 5.41) is 7.03. The number of pyridine rings is 2. The highest BCUT2D eigenvalue weighted by molar-refractivity contribution is 7.80.